The van der Waals surface area contributed by atoms with Crippen LogP contribution in [0, 0.1) is 0 Å². The highest BCUT2D eigenvalue weighted by atomic mass is 19.0. The molecule has 0 spiro atoms. The highest BCUT2D eigenvalue weighted by molar-refractivity contribution is 5.75. The van der Waals surface area contributed by atoms with Crippen molar-refractivity contribution in [1.82, 2.24) is 0 Å². The molecule has 0 N–H and O–H groups in total. The van der Waals surface area contributed by atoms with E-state index >= 15 is 0 Å². The van der Waals surface area contributed by atoms with Crippen molar-refractivity contribution in [2.45, 2.75) is 178 Å². The summed E-state index contributed by atoms with van der Waals surface area (Å²) in [6, 6.07) is 0. The van der Waals surface area contributed by atoms with E-state index in [1.54, 1.807) is 0 Å². The van der Waals surface area contributed by atoms with Crippen molar-refractivity contribution >= 4 is 8.41 Å². The first kappa shape index (κ1) is 80.2. The molecule has 0 aliphatic heterocycles. The van der Waals surface area contributed by atoms with E-state index < -0.39 is 0 Å². The maximum atomic E-state index is 2.20. The third-order valence-electron chi connectivity index (χ3n) is 4.09. The van der Waals surface area contributed by atoms with Crippen molar-refractivity contribution in [3.8, 4) is 0 Å². The molecule has 0 fully saturated rings. The van der Waals surface area contributed by atoms with Gasteiger partial charge in [0.1, 0.15) is 0 Å². The third-order valence-corrected chi connectivity index (χ3v) is 4.09. The van der Waals surface area contributed by atoms with E-state index in [4.69, 9.17) is 0 Å². The van der Waals surface area contributed by atoms with E-state index in [1.165, 1.54) is 17.6 Å². The molecule has 0 saturated heterocycles. The third kappa shape index (κ3) is 104. The van der Waals surface area contributed by atoms with Crippen LogP contribution in [0.3, 0.4) is 0 Å². The summed E-state index contributed by atoms with van der Waals surface area (Å²) in [4.78, 5) is 0. The van der Waals surface area contributed by atoms with Crippen molar-refractivity contribution in [2.24, 2.45) is 0 Å². The number of rotatable bonds is 0. The Bertz CT molecular complexity index is 573. The highest BCUT2D eigenvalue weighted by Crippen LogP contribution is 2.16. The lowest BCUT2D eigenvalue weighted by Crippen LogP contribution is -1.67. The van der Waals surface area contributed by atoms with E-state index in [-0.39, 0.29) is 22.0 Å². The van der Waals surface area contributed by atoms with Gasteiger partial charge < -0.3 is 0 Å². The molecule has 0 unspecified atom stereocenters. The Labute approximate surface area is 312 Å². The standard InChI is InChI=1S/C7H10.4C5H6.9C2H6.CH4.B.FH.H2/c1-6-4-3-5-7(6)2;4*1-2-4-5-3-1;9*1-2;;;;/h3-4H,5H2,1-2H3;4*1-4H,5H2;9*1-2H3;1H4;;2*1H/i;;;;;;;;;;;;;;;;;1+1. The van der Waals surface area contributed by atoms with Gasteiger partial charge in [-0.1, -0.05) is 253 Å². The van der Waals surface area contributed by atoms with Crippen LogP contribution in [-0.2, 0) is 0 Å². The zero-order valence-electron chi connectivity index (χ0n) is 35.9. The monoisotopic (exact) mass is 679 g/mol. The fraction of sp³-hybridized carbons (Fsp3) is 0.565. The molecule has 0 aromatic heterocycles. The van der Waals surface area contributed by atoms with Gasteiger partial charge in [-0.15, -0.1) is 0 Å². The lowest BCUT2D eigenvalue weighted by atomic mass is 10.2. The Balaban J connectivity index is -0.0000000266. The largest absolute Gasteiger partial charge is 0.269 e. The molecule has 0 amide bonds. The van der Waals surface area contributed by atoms with Crippen molar-refractivity contribution in [2.75, 3.05) is 0 Å². The van der Waals surface area contributed by atoms with E-state index in [9.17, 15) is 0 Å². The van der Waals surface area contributed by atoms with Crippen molar-refractivity contribution in [3.05, 3.63) is 121 Å². The molecule has 0 nitrogen and oxygen atoms in total. The summed E-state index contributed by atoms with van der Waals surface area (Å²) in [5.74, 6) is 0. The molecule has 0 aromatic rings. The fourth-order valence-electron chi connectivity index (χ4n) is 2.29. The second-order valence-electron chi connectivity index (χ2n) is 6.44. The van der Waals surface area contributed by atoms with Gasteiger partial charge in [-0.2, -0.15) is 0 Å². The Morgan fingerprint density at radius 1 is 0.354 bits per heavy atom. The van der Waals surface area contributed by atoms with Gasteiger partial charge in [-0.25, -0.2) is 0 Å². The minimum Gasteiger partial charge on any atom is -0.269 e. The summed E-state index contributed by atoms with van der Waals surface area (Å²) < 4.78 is 0. The van der Waals surface area contributed by atoms with Gasteiger partial charge in [0.15, 0.2) is 0 Å². The normalized spacial score (nSPS) is 11.2. The minimum absolute atomic E-state index is 0. The summed E-state index contributed by atoms with van der Waals surface area (Å²) in [6.45, 7) is 40.3. The number of hydrogen-bond donors (Lipinski definition) is 0. The van der Waals surface area contributed by atoms with Gasteiger partial charge in [0, 0.05) is 9.84 Å². The van der Waals surface area contributed by atoms with Gasteiger partial charge in [0.2, 0.25) is 0 Å². The fourth-order valence-corrected chi connectivity index (χ4v) is 2.29. The first-order chi connectivity index (χ1) is 22.3. The first-order valence-electron chi connectivity index (χ1n) is 18.9. The molecule has 0 atom stereocenters. The molecule has 5 rings (SSSR count). The zero-order chi connectivity index (χ0) is 37.4. The van der Waals surface area contributed by atoms with Crippen molar-refractivity contribution in [1.29, 1.82) is 0 Å². The predicted octanol–water partition coefficient (Wildman–Crippen LogP) is 18.2. The van der Waals surface area contributed by atoms with Gasteiger partial charge in [-0.3, -0.25) is 4.70 Å². The van der Waals surface area contributed by atoms with E-state index in [2.05, 4.69) is 123 Å². The second-order valence-corrected chi connectivity index (χ2v) is 6.44. The second kappa shape index (κ2) is 120. The average Bonchev–Trinajstić information content (AvgIpc) is 4.03. The maximum absolute atomic E-state index is 2.20. The lowest BCUT2D eigenvalue weighted by molar-refractivity contribution is 1.11. The molecule has 0 aromatic carbocycles. The molecule has 48 heavy (non-hydrogen) atoms. The zero-order valence-corrected chi connectivity index (χ0v) is 35.9. The summed E-state index contributed by atoms with van der Waals surface area (Å²) >= 11 is 0. The van der Waals surface area contributed by atoms with Gasteiger partial charge in [0.05, 0.1) is 0 Å². The Hall–Kier alpha value is -2.61. The predicted molar refractivity (Wildman–Crippen MR) is 243 cm³/mol. The van der Waals surface area contributed by atoms with E-state index in [1.807, 2.05) is 125 Å². The molecule has 0 heterocycles. The Kier molecular flexibility index (Phi) is 201. The van der Waals surface area contributed by atoms with Crippen LogP contribution in [-0.4, -0.2) is 8.41 Å². The first-order valence-corrected chi connectivity index (χ1v) is 18.9. The topological polar surface area (TPSA) is 0 Å². The van der Waals surface area contributed by atoms with Gasteiger partial charge >= 0.3 is 0 Å². The van der Waals surface area contributed by atoms with Crippen LogP contribution in [0.5, 0.6) is 0 Å². The maximum Gasteiger partial charge on any atom is 0 e. The average molecular weight is 679 g/mol. The summed E-state index contributed by atoms with van der Waals surface area (Å²) in [6.07, 6.45) is 43.5. The smallest absolute Gasteiger partial charge is 0 e. The Morgan fingerprint density at radius 2 is 0.521 bits per heavy atom. The van der Waals surface area contributed by atoms with Crippen LogP contribution < -0.4 is 0 Å². The molecule has 2 heteroatoms. The van der Waals surface area contributed by atoms with Crippen molar-refractivity contribution in [3.63, 3.8) is 0 Å². The van der Waals surface area contributed by atoms with Crippen LogP contribution in [0.25, 0.3) is 0 Å². The minimum atomic E-state index is 0. The molecule has 5 aliphatic carbocycles. The van der Waals surface area contributed by atoms with Crippen molar-refractivity contribution < 1.29 is 6.13 Å². The van der Waals surface area contributed by atoms with Crippen LogP contribution >= 0.6 is 0 Å². The van der Waals surface area contributed by atoms with E-state index in [0.717, 1.165) is 25.7 Å². The van der Waals surface area contributed by atoms with Crippen LogP contribution in [0.4, 0.5) is 4.70 Å². The molecule has 5 aliphatic rings. The van der Waals surface area contributed by atoms with Gasteiger partial charge in [0.25, 0.3) is 0 Å². The molecular formula is C46H95BF. The highest BCUT2D eigenvalue weighted by Gasteiger charge is 1.95. The molecule has 0 saturated carbocycles. The van der Waals surface area contributed by atoms with Gasteiger partial charge in [-0.05, 0) is 46.0 Å². The molecular weight excluding hydrogens is 582 g/mol. The number of hydrogen-bond acceptors (Lipinski definition) is 0. The number of allylic oxidation sites excluding steroid dienone is 20. The summed E-state index contributed by atoms with van der Waals surface area (Å²) in [5, 5.41) is 0. The molecule has 289 valence electrons. The SMILES string of the molecule is C.C1=CCC=C1.C1=CCC=C1.C1=CCC=C1.C1=CCC=C1.CC.CC.CC.CC.CC.CC.CC.CC.CC.CC1=C(C)CC=C1.F.[2HH].[B]. The molecule has 3 radical (unpaired) electrons. The lowest BCUT2D eigenvalue weighted by Gasteiger charge is -1.87. The van der Waals surface area contributed by atoms with Crippen LogP contribution in [0.15, 0.2) is 121 Å². The Morgan fingerprint density at radius 3 is 0.562 bits per heavy atom. The van der Waals surface area contributed by atoms with Crippen LogP contribution in [0.1, 0.15) is 179 Å². The molecule has 0 bridgehead atoms. The summed E-state index contributed by atoms with van der Waals surface area (Å²) in [7, 11) is 0. The van der Waals surface area contributed by atoms with E-state index in [0.29, 0.717) is 0 Å². The van der Waals surface area contributed by atoms with Crippen LogP contribution in [0.2, 0.25) is 0 Å². The quantitative estimate of drug-likeness (QED) is 0.224. The summed E-state index contributed by atoms with van der Waals surface area (Å²) in [5.41, 5.74) is 2.96. The number of halogens is 1.